The number of ketones is 1. The Kier molecular flexibility index (Phi) is 5.95. The van der Waals surface area contributed by atoms with E-state index < -0.39 is 0 Å². The maximum Gasteiger partial charge on any atom is 0.157 e. The number of allylic oxidation sites excluding steroid dienone is 2. The van der Waals surface area contributed by atoms with Crippen LogP contribution in [0.5, 0.6) is 0 Å². The molecule has 0 amide bonds. The normalized spacial score (nSPS) is 15.1. The molecule has 2 nitrogen and oxygen atoms in total. The minimum absolute atomic E-state index is 0.102. The summed E-state index contributed by atoms with van der Waals surface area (Å²) in [6.07, 6.45) is 4.83. The molecule has 0 aromatic rings. The van der Waals surface area contributed by atoms with E-state index in [1.807, 2.05) is 19.9 Å². The molecule has 0 fully saturated rings. The monoisotopic (exact) mass is 225 g/mol. The average Bonchev–Trinajstić information content (AvgIpc) is 2.12. The molecule has 2 heteroatoms. The predicted octanol–water partition coefficient (Wildman–Crippen LogP) is 3.13. The van der Waals surface area contributed by atoms with Crippen molar-refractivity contribution in [3.05, 3.63) is 12.2 Å². The van der Waals surface area contributed by atoms with Crippen molar-refractivity contribution >= 4 is 5.78 Å². The van der Waals surface area contributed by atoms with Gasteiger partial charge in [0.1, 0.15) is 0 Å². The maximum atomic E-state index is 11.4. The molecule has 0 radical (unpaired) electrons. The molecule has 0 aromatic heterocycles. The van der Waals surface area contributed by atoms with Gasteiger partial charge in [0, 0.05) is 11.5 Å². The Morgan fingerprint density at radius 2 is 1.75 bits per heavy atom. The standard InChI is InChI=1S/C14H27NO/c1-11(2)13(16)9-8-12(3)10-14(4,5)15(6)7/h8-9,11-12H,10H2,1-7H3/b9-8+. The number of hydrogen-bond acceptors (Lipinski definition) is 2. The summed E-state index contributed by atoms with van der Waals surface area (Å²) in [5.74, 6) is 0.750. The predicted molar refractivity (Wildman–Crippen MR) is 70.5 cm³/mol. The summed E-state index contributed by atoms with van der Waals surface area (Å²) >= 11 is 0. The molecule has 1 unspecified atom stereocenters. The van der Waals surface area contributed by atoms with E-state index in [-0.39, 0.29) is 17.2 Å². The Morgan fingerprint density at radius 3 is 2.12 bits per heavy atom. The third kappa shape index (κ3) is 5.45. The summed E-state index contributed by atoms with van der Waals surface area (Å²) in [6, 6.07) is 0. The van der Waals surface area contributed by atoms with Crippen molar-refractivity contribution in [2.24, 2.45) is 11.8 Å². The highest BCUT2D eigenvalue weighted by atomic mass is 16.1. The largest absolute Gasteiger partial charge is 0.304 e. The minimum atomic E-state index is 0.102. The second-order valence-electron chi connectivity index (χ2n) is 5.80. The summed E-state index contributed by atoms with van der Waals surface area (Å²) in [6.45, 7) is 10.5. The number of hydrogen-bond donors (Lipinski definition) is 0. The molecule has 0 bridgehead atoms. The summed E-state index contributed by atoms with van der Waals surface area (Å²) < 4.78 is 0. The lowest BCUT2D eigenvalue weighted by atomic mass is 9.90. The van der Waals surface area contributed by atoms with E-state index in [9.17, 15) is 4.79 Å². The molecule has 1 atom stereocenters. The zero-order valence-corrected chi connectivity index (χ0v) is 11.9. The van der Waals surface area contributed by atoms with Crippen LogP contribution in [0.15, 0.2) is 12.2 Å². The van der Waals surface area contributed by atoms with Gasteiger partial charge < -0.3 is 4.90 Å². The first-order valence-corrected chi connectivity index (χ1v) is 6.06. The summed E-state index contributed by atoms with van der Waals surface area (Å²) in [5, 5.41) is 0. The molecule has 16 heavy (non-hydrogen) atoms. The number of rotatable bonds is 6. The fraction of sp³-hybridized carbons (Fsp3) is 0.786. The van der Waals surface area contributed by atoms with E-state index in [1.165, 1.54) is 0 Å². The first-order valence-electron chi connectivity index (χ1n) is 6.06. The van der Waals surface area contributed by atoms with Crippen molar-refractivity contribution in [1.29, 1.82) is 0 Å². The van der Waals surface area contributed by atoms with Crippen molar-refractivity contribution < 1.29 is 4.79 Å². The Labute approximate surface area is 101 Å². The van der Waals surface area contributed by atoms with Crippen molar-refractivity contribution in [1.82, 2.24) is 4.90 Å². The molecule has 94 valence electrons. The van der Waals surface area contributed by atoms with Crippen molar-refractivity contribution in [3.8, 4) is 0 Å². The fourth-order valence-electron chi connectivity index (χ4n) is 1.49. The zero-order valence-electron chi connectivity index (χ0n) is 11.9. The zero-order chi connectivity index (χ0) is 12.9. The summed E-state index contributed by atoms with van der Waals surface area (Å²) in [4.78, 5) is 13.7. The molecule has 0 spiro atoms. The maximum absolute atomic E-state index is 11.4. The first-order chi connectivity index (χ1) is 7.16. The van der Waals surface area contributed by atoms with Crippen LogP contribution in [-0.2, 0) is 4.79 Å². The molecule has 0 aliphatic carbocycles. The fourth-order valence-corrected chi connectivity index (χ4v) is 1.49. The molecule has 0 saturated carbocycles. The second-order valence-corrected chi connectivity index (χ2v) is 5.80. The lowest BCUT2D eigenvalue weighted by molar-refractivity contribution is -0.117. The molecule has 0 rings (SSSR count). The third-order valence-corrected chi connectivity index (χ3v) is 3.19. The molecule has 0 saturated heterocycles. The van der Waals surface area contributed by atoms with Gasteiger partial charge in [-0.1, -0.05) is 26.8 Å². The molecule has 0 aliphatic rings. The van der Waals surface area contributed by atoms with Crippen molar-refractivity contribution in [2.75, 3.05) is 14.1 Å². The van der Waals surface area contributed by atoms with E-state index in [4.69, 9.17) is 0 Å². The summed E-state index contributed by atoms with van der Waals surface area (Å²) in [7, 11) is 4.19. The molecule has 0 aliphatic heterocycles. The van der Waals surface area contributed by atoms with Gasteiger partial charge in [0.05, 0.1) is 0 Å². The lowest BCUT2D eigenvalue weighted by Gasteiger charge is -2.34. The van der Waals surface area contributed by atoms with Gasteiger partial charge in [-0.05, 0) is 46.4 Å². The first kappa shape index (κ1) is 15.4. The van der Waals surface area contributed by atoms with Crippen LogP contribution < -0.4 is 0 Å². The van der Waals surface area contributed by atoms with Crippen LogP contribution in [0.2, 0.25) is 0 Å². The van der Waals surface area contributed by atoms with E-state index in [0.29, 0.717) is 5.92 Å². The van der Waals surface area contributed by atoms with Gasteiger partial charge in [-0.2, -0.15) is 0 Å². The SMILES string of the molecule is CC(/C=C/C(=O)C(C)C)CC(C)(C)N(C)C. The van der Waals surface area contributed by atoms with Crippen LogP contribution in [0.1, 0.15) is 41.0 Å². The van der Waals surface area contributed by atoms with Crippen molar-refractivity contribution in [2.45, 2.75) is 46.6 Å². The van der Waals surface area contributed by atoms with Crippen LogP contribution in [0.4, 0.5) is 0 Å². The highest BCUT2D eigenvalue weighted by molar-refractivity contribution is 5.91. The molecule has 0 heterocycles. The highest BCUT2D eigenvalue weighted by Crippen LogP contribution is 2.21. The number of nitrogens with zero attached hydrogens (tertiary/aromatic N) is 1. The number of carbonyl (C=O) groups excluding carboxylic acids is 1. The van der Waals surface area contributed by atoms with E-state index in [1.54, 1.807) is 6.08 Å². The van der Waals surface area contributed by atoms with Crippen LogP contribution in [-0.4, -0.2) is 30.3 Å². The quantitative estimate of drug-likeness (QED) is 0.647. The van der Waals surface area contributed by atoms with Gasteiger partial charge in [0.2, 0.25) is 0 Å². The van der Waals surface area contributed by atoms with E-state index >= 15 is 0 Å². The van der Waals surface area contributed by atoms with Crippen molar-refractivity contribution in [3.63, 3.8) is 0 Å². The van der Waals surface area contributed by atoms with Gasteiger partial charge in [0.25, 0.3) is 0 Å². The molecular weight excluding hydrogens is 198 g/mol. The van der Waals surface area contributed by atoms with Crippen LogP contribution in [0.25, 0.3) is 0 Å². The topological polar surface area (TPSA) is 20.3 Å². The van der Waals surface area contributed by atoms with Gasteiger partial charge >= 0.3 is 0 Å². The average molecular weight is 225 g/mol. The summed E-state index contributed by atoms with van der Waals surface area (Å²) in [5.41, 5.74) is 0.171. The highest BCUT2D eigenvalue weighted by Gasteiger charge is 2.22. The Balaban J connectivity index is 4.29. The minimum Gasteiger partial charge on any atom is -0.304 e. The second kappa shape index (κ2) is 6.19. The Bertz CT molecular complexity index is 251. The van der Waals surface area contributed by atoms with Gasteiger partial charge in [0.15, 0.2) is 5.78 Å². The Hall–Kier alpha value is -0.630. The molecular formula is C14H27NO. The van der Waals surface area contributed by atoms with Crippen LogP contribution in [0, 0.1) is 11.8 Å². The van der Waals surface area contributed by atoms with Crippen LogP contribution in [0.3, 0.4) is 0 Å². The molecule has 0 N–H and O–H groups in total. The van der Waals surface area contributed by atoms with Gasteiger partial charge in [-0.15, -0.1) is 0 Å². The van der Waals surface area contributed by atoms with E-state index in [0.717, 1.165) is 6.42 Å². The smallest absolute Gasteiger partial charge is 0.157 e. The third-order valence-electron chi connectivity index (χ3n) is 3.19. The van der Waals surface area contributed by atoms with Gasteiger partial charge in [-0.3, -0.25) is 4.79 Å². The number of carbonyl (C=O) groups is 1. The lowest BCUT2D eigenvalue weighted by Crippen LogP contribution is -2.39. The van der Waals surface area contributed by atoms with E-state index in [2.05, 4.69) is 39.8 Å². The Morgan fingerprint density at radius 1 is 1.25 bits per heavy atom. The van der Waals surface area contributed by atoms with Gasteiger partial charge in [-0.25, -0.2) is 0 Å². The molecule has 0 aromatic carbocycles. The van der Waals surface area contributed by atoms with Crippen LogP contribution >= 0.6 is 0 Å².